The lowest BCUT2D eigenvalue weighted by Gasteiger charge is -2.10. The van der Waals surface area contributed by atoms with Crippen molar-refractivity contribution < 1.29 is 10.2 Å². The highest BCUT2D eigenvalue weighted by atomic mass is 16.3. The molecule has 2 N–H and O–H groups in total. The minimum Gasteiger partial charge on any atom is -0.392 e. The zero-order valence-electron chi connectivity index (χ0n) is 9.93. The predicted octanol–water partition coefficient (Wildman–Crippen LogP) is 2.98. The summed E-state index contributed by atoms with van der Waals surface area (Å²) in [6.07, 6.45) is 0. The molecule has 18 heavy (non-hydrogen) atoms. The molecule has 2 nitrogen and oxygen atoms in total. The van der Waals surface area contributed by atoms with Gasteiger partial charge in [0.05, 0.1) is 13.2 Å². The summed E-state index contributed by atoms with van der Waals surface area (Å²) in [5, 5.41) is 23.2. The lowest BCUT2D eigenvalue weighted by atomic mass is 9.96. The number of rotatable bonds is 2. The normalized spacial score (nSPS) is 11.2. The monoisotopic (exact) mass is 238 g/mol. The number of hydrogen-bond donors (Lipinski definition) is 2. The Kier molecular flexibility index (Phi) is 2.74. The van der Waals surface area contributed by atoms with Crippen LogP contribution in [0.4, 0.5) is 0 Å². The van der Waals surface area contributed by atoms with E-state index in [1.54, 1.807) is 0 Å². The molecule has 2 heteroatoms. The summed E-state index contributed by atoms with van der Waals surface area (Å²) in [7, 11) is 0. The molecule has 0 saturated carbocycles. The van der Waals surface area contributed by atoms with E-state index in [0.29, 0.717) is 0 Å². The molecule has 3 aromatic rings. The first-order chi connectivity index (χ1) is 8.83. The fourth-order valence-electron chi connectivity index (χ4n) is 2.47. The van der Waals surface area contributed by atoms with Crippen molar-refractivity contribution in [3.8, 4) is 0 Å². The van der Waals surface area contributed by atoms with Crippen molar-refractivity contribution in [3.05, 3.63) is 59.7 Å². The minimum absolute atomic E-state index is 0.00668. The third-order valence-electron chi connectivity index (χ3n) is 3.38. The van der Waals surface area contributed by atoms with Gasteiger partial charge in [-0.2, -0.15) is 0 Å². The molecule has 0 aromatic heterocycles. The number of hydrogen-bond acceptors (Lipinski definition) is 2. The van der Waals surface area contributed by atoms with E-state index in [1.807, 2.05) is 42.5 Å². The van der Waals surface area contributed by atoms with E-state index in [9.17, 15) is 10.2 Å². The standard InChI is InChI=1S/C16H14O2/c17-9-11-5-6-13-8-12-3-1-2-4-14(12)16(10-18)15(13)7-11/h1-8,17-18H,9-10H2. The first kappa shape index (κ1) is 11.2. The molecule has 0 heterocycles. The summed E-state index contributed by atoms with van der Waals surface area (Å²) in [6, 6.07) is 16.0. The van der Waals surface area contributed by atoms with Gasteiger partial charge in [0, 0.05) is 0 Å². The first-order valence-corrected chi connectivity index (χ1v) is 5.98. The maximum absolute atomic E-state index is 9.63. The molecule has 0 spiro atoms. The van der Waals surface area contributed by atoms with Crippen LogP contribution >= 0.6 is 0 Å². The van der Waals surface area contributed by atoms with Gasteiger partial charge in [-0.15, -0.1) is 0 Å². The van der Waals surface area contributed by atoms with Crippen molar-refractivity contribution in [2.45, 2.75) is 13.2 Å². The Balaban J connectivity index is 2.46. The third kappa shape index (κ3) is 1.67. The van der Waals surface area contributed by atoms with Crippen molar-refractivity contribution in [1.29, 1.82) is 0 Å². The van der Waals surface area contributed by atoms with Gasteiger partial charge in [0.1, 0.15) is 0 Å². The topological polar surface area (TPSA) is 40.5 Å². The summed E-state index contributed by atoms with van der Waals surface area (Å²) in [4.78, 5) is 0. The molecule has 0 aliphatic rings. The van der Waals surface area contributed by atoms with Crippen molar-refractivity contribution in [2.75, 3.05) is 0 Å². The minimum atomic E-state index is 0.00668. The fraction of sp³-hybridized carbons (Fsp3) is 0.125. The molecule has 0 unspecified atom stereocenters. The number of aliphatic hydroxyl groups excluding tert-OH is 2. The van der Waals surface area contributed by atoms with E-state index in [1.165, 1.54) is 0 Å². The van der Waals surface area contributed by atoms with Crippen LogP contribution in [-0.4, -0.2) is 10.2 Å². The van der Waals surface area contributed by atoms with Crippen LogP contribution in [0.25, 0.3) is 21.5 Å². The fourth-order valence-corrected chi connectivity index (χ4v) is 2.47. The highest BCUT2D eigenvalue weighted by Gasteiger charge is 2.07. The van der Waals surface area contributed by atoms with Gasteiger partial charge in [-0.25, -0.2) is 0 Å². The van der Waals surface area contributed by atoms with Crippen molar-refractivity contribution in [3.63, 3.8) is 0 Å². The van der Waals surface area contributed by atoms with Crippen LogP contribution in [0.15, 0.2) is 48.5 Å². The van der Waals surface area contributed by atoms with E-state index in [4.69, 9.17) is 0 Å². The first-order valence-electron chi connectivity index (χ1n) is 5.98. The van der Waals surface area contributed by atoms with Crippen LogP contribution in [0.1, 0.15) is 11.1 Å². The molecule has 0 radical (unpaired) electrons. The van der Waals surface area contributed by atoms with Gasteiger partial charge in [0.15, 0.2) is 0 Å². The molecular formula is C16H14O2. The van der Waals surface area contributed by atoms with Crippen LogP contribution in [0.2, 0.25) is 0 Å². The molecule has 0 amide bonds. The highest BCUT2D eigenvalue weighted by molar-refractivity contribution is 6.02. The molecule has 0 saturated heterocycles. The van der Waals surface area contributed by atoms with Crippen molar-refractivity contribution in [1.82, 2.24) is 0 Å². The lowest BCUT2D eigenvalue weighted by Crippen LogP contribution is -1.91. The van der Waals surface area contributed by atoms with E-state index in [0.717, 1.165) is 32.7 Å². The van der Waals surface area contributed by atoms with Gasteiger partial charge < -0.3 is 10.2 Å². The van der Waals surface area contributed by atoms with E-state index >= 15 is 0 Å². The molecule has 3 rings (SSSR count). The summed E-state index contributed by atoms with van der Waals surface area (Å²) >= 11 is 0. The Bertz CT molecular complexity index is 717. The molecule has 0 aliphatic heterocycles. The molecule has 90 valence electrons. The van der Waals surface area contributed by atoms with Gasteiger partial charge >= 0.3 is 0 Å². The second kappa shape index (κ2) is 4.41. The summed E-state index contributed by atoms with van der Waals surface area (Å²) in [5.41, 5.74) is 1.80. The van der Waals surface area contributed by atoms with Gasteiger partial charge in [-0.3, -0.25) is 0 Å². The maximum Gasteiger partial charge on any atom is 0.0693 e. The van der Waals surface area contributed by atoms with E-state index in [-0.39, 0.29) is 13.2 Å². The Morgan fingerprint density at radius 2 is 1.50 bits per heavy atom. The number of aliphatic hydroxyl groups is 2. The summed E-state index contributed by atoms with van der Waals surface area (Å²) in [5.74, 6) is 0. The van der Waals surface area contributed by atoms with Crippen LogP contribution in [0.3, 0.4) is 0 Å². The Morgan fingerprint density at radius 1 is 0.722 bits per heavy atom. The summed E-state index contributed by atoms with van der Waals surface area (Å²) < 4.78 is 0. The molecule has 0 aliphatic carbocycles. The van der Waals surface area contributed by atoms with Crippen LogP contribution in [0, 0.1) is 0 Å². The molecular weight excluding hydrogens is 224 g/mol. The molecule has 0 bridgehead atoms. The number of benzene rings is 3. The van der Waals surface area contributed by atoms with Crippen LogP contribution < -0.4 is 0 Å². The van der Waals surface area contributed by atoms with E-state index < -0.39 is 0 Å². The van der Waals surface area contributed by atoms with Crippen molar-refractivity contribution >= 4 is 21.5 Å². The van der Waals surface area contributed by atoms with Gasteiger partial charge in [-0.1, -0.05) is 36.4 Å². The maximum atomic E-state index is 9.63. The van der Waals surface area contributed by atoms with E-state index in [2.05, 4.69) is 6.07 Å². The molecule has 3 aromatic carbocycles. The van der Waals surface area contributed by atoms with Gasteiger partial charge in [0.25, 0.3) is 0 Å². The lowest BCUT2D eigenvalue weighted by molar-refractivity contribution is 0.281. The zero-order valence-corrected chi connectivity index (χ0v) is 9.93. The Morgan fingerprint density at radius 3 is 2.28 bits per heavy atom. The smallest absolute Gasteiger partial charge is 0.0693 e. The average molecular weight is 238 g/mol. The van der Waals surface area contributed by atoms with Gasteiger partial charge in [0.2, 0.25) is 0 Å². The summed E-state index contributed by atoms with van der Waals surface area (Å²) in [6.45, 7) is 0.0281. The van der Waals surface area contributed by atoms with Crippen molar-refractivity contribution in [2.24, 2.45) is 0 Å². The quantitative estimate of drug-likeness (QED) is 0.674. The SMILES string of the molecule is OCc1ccc2cc3ccccc3c(CO)c2c1. The molecule has 0 fully saturated rings. The Labute approximate surface area is 105 Å². The highest BCUT2D eigenvalue weighted by Crippen LogP contribution is 2.29. The van der Waals surface area contributed by atoms with Crippen LogP contribution in [-0.2, 0) is 13.2 Å². The largest absolute Gasteiger partial charge is 0.392 e. The Hall–Kier alpha value is -1.90. The second-order valence-electron chi connectivity index (χ2n) is 4.45. The predicted molar refractivity (Wildman–Crippen MR) is 73.3 cm³/mol. The average Bonchev–Trinajstić information content (AvgIpc) is 2.44. The number of fused-ring (bicyclic) bond motifs is 2. The molecule has 0 atom stereocenters. The zero-order chi connectivity index (χ0) is 12.5. The van der Waals surface area contributed by atoms with Crippen LogP contribution in [0.5, 0.6) is 0 Å². The van der Waals surface area contributed by atoms with Gasteiger partial charge in [-0.05, 0) is 44.8 Å². The second-order valence-corrected chi connectivity index (χ2v) is 4.45. The third-order valence-corrected chi connectivity index (χ3v) is 3.38.